The average molecular weight is 731 g/mol. The molecule has 0 N–H and O–H groups in total. The van der Waals surface area contributed by atoms with Gasteiger partial charge in [-0.05, 0) is 99.6 Å². The largest absolute Gasteiger partial charge is 0.310 e. The molecule has 2 heteroatoms. The minimum atomic E-state index is -0.107. The van der Waals surface area contributed by atoms with E-state index in [9.17, 15) is 0 Å². The molecule has 11 rings (SSSR count). The van der Waals surface area contributed by atoms with Gasteiger partial charge in [0.2, 0.25) is 0 Å². The lowest BCUT2D eigenvalue weighted by atomic mass is 9.82. The number of rotatable bonds is 6. The van der Waals surface area contributed by atoms with Crippen molar-refractivity contribution in [2.75, 3.05) is 4.90 Å². The molecule has 0 saturated heterocycles. The number of anilines is 3. The molecule has 0 unspecified atom stereocenters. The predicted molar refractivity (Wildman–Crippen MR) is 242 cm³/mol. The van der Waals surface area contributed by atoms with Crippen molar-refractivity contribution in [1.82, 2.24) is 4.57 Å². The number of nitrogens with zero attached hydrogens (tertiary/aromatic N) is 2. The second-order valence-electron chi connectivity index (χ2n) is 16.0. The van der Waals surface area contributed by atoms with Crippen molar-refractivity contribution in [3.8, 4) is 27.9 Å². The quantitative estimate of drug-likeness (QED) is 0.165. The zero-order valence-corrected chi connectivity index (χ0v) is 32.3. The number of para-hydroxylation sites is 1. The molecule has 0 bridgehead atoms. The first-order chi connectivity index (χ1) is 28.1. The van der Waals surface area contributed by atoms with Crippen LogP contribution in [0.1, 0.15) is 43.4 Å². The van der Waals surface area contributed by atoms with Crippen molar-refractivity contribution < 1.29 is 0 Å². The maximum absolute atomic E-state index is 2.54. The molecule has 2 nitrogen and oxygen atoms in total. The van der Waals surface area contributed by atoms with Crippen LogP contribution in [0.2, 0.25) is 0 Å². The van der Waals surface area contributed by atoms with Gasteiger partial charge >= 0.3 is 0 Å². The minimum absolute atomic E-state index is 0.107. The number of allylic oxidation sites excluding steroid dienone is 4. The Morgan fingerprint density at radius 1 is 0.544 bits per heavy atom. The van der Waals surface area contributed by atoms with E-state index in [1.54, 1.807) is 0 Å². The summed E-state index contributed by atoms with van der Waals surface area (Å²) in [6, 6.07) is 65.2. The average Bonchev–Trinajstić information content (AvgIpc) is 3.73. The molecule has 0 aliphatic heterocycles. The fraction of sp³-hybridized carbons (Fsp3) is 0.0909. The van der Waals surface area contributed by atoms with Crippen LogP contribution >= 0.6 is 0 Å². The van der Waals surface area contributed by atoms with E-state index in [0.717, 1.165) is 35.6 Å². The summed E-state index contributed by atoms with van der Waals surface area (Å²) in [5.41, 5.74) is 17.4. The van der Waals surface area contributed by atoms with Crippen LogP contribution in [0.5, 0.6) is 0 Å². The highest BCUT2D eigenvalue weighted by Gasteiger charge is 2.38. The normalized spacial score (nSPS) is 14.2. The zero-order chi connectivity index (χ0) is 38.1. The monoisotopic (exact) mass is 730 g/mol. The fourth-order valence-electron chi connectivity index (χ4n) is 9.69. The van der Waals surface area contributed by atoms with E-state index < -0.39 is 0 Å². The summed E-state index contributed by atoms with van der Waals surface area (Å²) in [4.78, 5) is 2.46. The highest BCUT2D eigenvalue weighted by molar-refractivity contribution is 6.27. The Balaban J connectivity index is 1.22. The number of benzene rings is 8. The maximum Gasteiger partial charge on any atom is 0.0622 e. The molecule has 0 fully saturated rings. The summed E-state index contributed by atoms with van der Waals surface area (Å²) >= 11 is 0. The number of hydrogen-bond acceptors (Lipinski definition) is 1. The van der Waals surface area contributed by atoms with Gasteiger partial charge < -0.3 is 9.47 Å². The van der Waals surface area contributed by atoms with Gasteiger partial charge in [-0.2, -0.15) is 0 Å². The predicted octanol–water partition coefficient (Wildman–Crippen LogP) is 15.1. The molecular formula is C55H42N2. The molecule has 272 valence electrons. The van der Waals surface area contributed by atoms with E-state index in [1.165, 1.54) is 77.1 Å². The first-order valence-corrected chi connectivity index (χ1v) is 20.2. The SMILES string of the molecule is CC1(C)c2ccccc2-c2c1ccc1c3c4ccccc4c(N(c4ccc(C5=CC=CCC5)cc4)c4ccc(-c5ccccc5)cc4)cc3n(-c3ccccc3)c21. The maximum atomic E-state index is 2.54. The van der Waals surface area contributed by atoms with E-state index >= 15 is 0 Å². The molecule has 2 aliphatic carbocycles. The van der Waals surface area contributed by atoms with Crippen LogP contribution in [-0.4, -0.2) is 4.57 Å². The van der Waals surface area contributed by atoms with Gasteiger partial charge in [-0.3, -0.25) is 0 Å². The Hall–Kier alpha value is -6.90. The molecule has 0 amide bonds. The first-order valence-electron chi connectivity index (χ1n) is 20.2. The lowest BCUT2D eigenvalue weighted by Gasteiger charge is -2.28. The summed E-state index contributed by atoms with van der Waals surface area (Å²) in [6.45, 7) is 4.75. The van der Waals surface area contributed by atoms with Gasteiger partial charge in [-0.15, -0.1) is 0 Å². The molecule has 0 atom stereocenters. The molecule has 8 aromatic carbocycles. The molecule has 0 saturated carbocycles. The first kappa shape index (κ1) is 33.4. The lowest BCUT2D eigenvalue weighted by molar-refractivity contribution is 0.661. The van der Waals surface area contributed by atoms with Crippen molar-refractivity contribution >= 4 is 55.2 Å². The Kier molecular flexibility index (Phi) is 7.69. The van der Waals surface area contributed by atoms with Crippen molar-refractivity contribution in [3.05, 3.63) is 211 Å². The third-order valence-electron chi connectivity index (χ3n) is 12.5. The molecule has 57 heavy (non-hydrogen) atoms. The lowest BCUT2D eigenvalue weighted by Crippen LogP contribution is -2.14. The molecule has 0 radical (unpaired) electrons. The van der Waals surface area contributed by atoms with Crippen molar-refractivity contribution in [2.24, 2.45) is 0 Å². The molecule has 0 spiro atoms. The third kappa shape index (κ3) is 5.25. The van der Waals surface area contributed by atoms with Crippen molar-refractivity contribution in [3.63, 3.8) is 0 Å². The van der Waals surface area contributed by atoms with Gasteiger partial charge in [0.05, 0.1) is 16.7 Å². The van der Waals surface area contributed by atoms with Crippen LogP contribution in [-0.2, 0) is 5.41 Å². The zero-order valence-electron chi connectivity index (χ0n) is 32.3. The van der Waals surface area contributed by atoms with E-state index in [1.807, 2.05) is 0 Å². The van der Waals surface area contributed by atoms with Crippen LogP contribution in [0.15, 0.2) is 194 Å². The number of hydrogen-bond donors (Lipinski definition) is 0. The minimum Gasteiger partial charge on any atom is -0.310 e. The topological polar surface area (TPSA) is 8.17 Å². The summed E-state index contributed by atoms with van der Waals surface area (Å²) in [5.74, 6) is 0. The summed E-state index contributed by atoms with van der Waals surface area (Å²) in [7, 11) is 0. The van der Waals surface area contributed by atoms with Crippen LogP contribution in [0.3, 0.4) is 0 Å². The summed E-state index contributed by atoms with van der Waals surface area (Å²) in [6.07, 6.45) is 8.86. The third-order valence-corrected chi connectivity index (χ3v) is 12.5. The fourth-order valence-corrected chi connectivity index (χ4v) is 9.69. The van der Waals surface area contributed by atoms with Crippen molar-refractivity contribution in [1.29, 1.82) is 0 Å². The second kappa shape index (κ2) is 13.1. The van der Waals surface area contributed by atoms with E-state index in [-0.39, 0.29) is 5.41 Å². The molecule has 9 aromatic rings. The molecule has 1 heterocycles. The molecule has 2 aliphatic rings. The van der Waals surface area contributed by atoms with E-state index in [0.29, 0.717) is 0 Å². The van der Waals surface area contributed by atoms with Gasteiger partial charge in [0.25, 0.3) is 0 Å². The van der Waals surface area contributed by atoms with Gasteiger partial charge in [0, 0.05) is 44.2 Å². The second-order valence-corrected chi connectivity index (χ2v) is 16.0. The highest BCUT2D eigenvalue weighted by atomic mass is 15.1. The Labute approximate surface area is 334 Å². The van der Waals surface area contributed by atoms with Gasteiger partial charge in [0.1, 0.15) is 0 Å². The Morgan fingerprint density at radius 3 is 1.89 bits per heavy atom. The smallest absolute Gasteiger partial charge is 0.0622 e. The van der Waals surface area contributed by atoms with E-state index in [4.69, 9.17) is 0 Å². The highest BCUT2D eigenvalue weighted by Crippen LogP contribution is 2.54. The standard InChI is InChI=1S/C55H42N2/c1-55(2)48-25-15-14-24-46(48)53-49(55)35-34-47-52-45-23-13-12-22-44(45)50(36-51(52)57(54(47)53)41-20-10-5-11-21-41)56(42-30-26-39(27-31-42)37-16-6-3-7-17-37)43-32-28-40(29-33-43)38-18-8-4-9-19-38/h3-8,10-18,20-36H,9,19H2,1-2H3. The number of fused-ring (bicyclic) bond motifs is 9. The van der Waals surface area contributed by atoms with Crippen molar-refractivity contribution in [2.45, 2.75) is 32.1 Å². The van der Waals surface area contributed by atoms with Gasteiger partial charge in [-0.1, -0.05) is 166 Å². The van der Waals surface area contributed by atoms with E-state index in [2.05, 4.69) is 217 Å². The van der Waals surface area contributed by atoms with Gasteiger partial charge in [0.15, 0.2) is 0 Å². The molecule has 1 aromatic heterocycles. The Bertz CT molecular complexity index is 3050. The Morgan fingerprint density at radius 2 is 1.18 bits per heavy atom. The van der Waals surface area contributed by atoms with Crippen LogP contribution in [0.25, 0.3) is 66.1 Å². The van der Waals surface area contributed by atoms with Gasteiger partial charge in [-0.25, -0.2) is 0 Å². The van der Waals surface area contributed by atoms with Crippen LogP contribution < -0.4 is 4.90 Å². The number of aromatic nitrogens is 1. The van der Waals surface area contributed by atoms with Crippen LogP contribution in [0, 0.1) is 0 Å². The summed E-state index contributed by atoms with van der Waals surface area (Å²) in [5, 5.41) is 5.03. The van der Waals surface area contributed by atoms with Crippen LogP contribution in [0.4, 0.5) is 17.1 Å². The molecular weight excluding hydrogens is 689 g/mol. The summed E-state index contributed by atoms with van der Waals surface area (Å²) < 4.78 is 2.54.